The van der Waals surface area contributed by atoms with Crippen molar-refractivity contribution in [1.82, 2.24) is 5.32 Å². The first-order valence-corrected chi connectivity index (χ1v) is 6.44. The molecular weight excluding hydrogens is 272 g/mol. The molecule has 2 aromatic rings. The van der Waals surface area contributed by atoms with Crippen LogP contribution < -0.4 is 10.6 Å². The lowest BCUT2D eigenvalue weighted by Gasteiger charge is -2.11. The number of amides is 1. The fourth-order valence-electron chi connectivity index (χ4n) is 1.73. The van der Waals surface area contributed by atoms with Gasteiger partial charge in [0.15, 0.2) is 5.11 Å². The van der Waals surface area contributed by atoms with Gasteiger partial charge in [0.25, 0.3) is 5.91 Å². The van der Waals surface area contributed by atoms with Crippen molar-refractivity contribution in [2.24, 2.45) is 0 Å². The molecule has 0 spiro atoms. The Kier molecular flexibility index (Phi) is 4.32. The van der Waals surface area contributed by atoms with Crippen molar-refractivity contribution in [2.75, 3.05) is 5.32 Å². The number of carbonyl (C=O) groups is 1. The lowest BCUT2D eigenvalue weighted by atomic mass is 10.1. The minimum atomic E-state index is -0.281. The van der Waals surface area contributed by atoms with Gasteiger partial charge in [0.2, 0.25) is 0 Å². The van der Waals surface area contributed by atoms with Crippen molar-refractivity contribution in [2.45, 2.75) is 6.92 Å². The van der Waals surface area contributed by atoms with Crippen molar-refractivity contribution in [3.63, 3.8) is 0 Å². The van der Waals surface area contributed by atoms with Gasteiger partial charge in [0.1, 0.15) is 5.75 Å². The normalized spacial score (nSPS) is 9.85. The summed E-state index contributed by atoms with van der Waals surface area (Å²) in [5, 5.41) is 15.1. The van der Waals surface area contributed by atoms with Crippen molar-refractivity contribution in [1.29, 1.82) is 0 Å². The van der Waals surface area contributed by atoms with Crippen LogP contribution in [0, 0.1) is 6.92 Å². The van der Waals surface area contributed by atoms with E-state index in [9.17, 15) is 9.90 Å². The maximum absolute atomic E-state index is 12.0. The van der Waals surface area contributed by atoms with Crippen molar-refractivity contribution >= 4 is 28.9 Å². The van der Waals surface area contributed by atoms with Gasteiger partial charge in [-0.15, -0.1) is 0 Å². The maximum Gasteiger partial charge on any atom is 0.257 e. The van der Waals surface area contributed by atoms with Crippen LogP contribution in [-0.4, -0.2) is 16.1 Å². The molecule has 20 heavy (non-hydrogen) atoms. The van der Waals surface area contributed by atoms with E-state index in [-0.39, 0.29) is 16.8 Å². The Morgan fingerprint density at radius 2 is 1.75 bits per heavy atom. The monoisotopic (exact) mass is 286 g/mol. The Morgan fingerprint density at radius 1 is 1.10 bits per heavy atom. The van der Waals surface area contributed by atoms with E-state index < -0.39 is 0 Å². The zero-order valence-electron chi connectivity index (χ0n) is 10.9. The first-order chi connectivity index (χ1) is 9.58. The van der Waals surface area contributed by atoms with Crippen LogP contribution in [0.1, 0.15) is 15.9 Å². The Bertz CT molecular complexity index is 656. The summed E-state index contributed by atoms with van der Waals surface area (Å²) in [5.74, 6) is -0.212. The summed E-state index contributed by atoms with van der Waals surface area (Å²) < 4.78 is 0. The van der Waals surface area contributed by atoms with E-state index in [1.807, 2.05) is 19.1 Å². The quantitative estimate of drug-likeness (QED) is 0.587. The van der Waals surface area contributed by atoms with Crippen LogP contribution in [0.15, 0.2) is 48.5 Å². The molecule has 2 aromatic carbocycles. The number of anilines is 1. The number of phenols is 1. The maximum atomic E-state index is 12.0. The highest BCUT2D eigenvalue weighted by Gasteiger charge is 2.10. The summed E-state index contributed by atoms with van der Waals surface area (Å²) in [4.78, 5) is 12.0. The first-order valence-electron chi connectivity index (χ1n) is 6.04. The molecule has 1 amide bonds. The molecule has 4 nitrogen and oxygen atoms in total. The molecule has 0 atom stereocenters. The standard InChI is InChI=1S/C15H14N2O2S/c1-10-6-2-3-7-11(10)14(19)17-15(20)16-12-8-4-5-9-13(12)18/h2-9,18H,1H3,(H2,16,17,19,20). The van der Waals surface area contributed by atoms with Gasteiger partial charge in [-0.1, -0.05) is 30.3 Å². The number of rotatable bonds is 2. The highest BCUT2D eigenvalue weighted by Crippen LogP contribution is 2.21. The molecule has 0 aliphatic rings. The first kappa shape index (κ1) is 14.0. The van der Waals surface area contributed by atoms with Crippen LogP contribution in [0.25, 0.3) is 0 Å². The van der Waals surface area contributed by atoms with E-state index in [4.69, 9.17) is 12.2 Å². The van der Waals surface area contributed by atoms with E-state index >= 15 is 0 Å². The number of hydrogen-bond acceptors (Lipinski definition) is 3. The van der Waals surface area contributed by atoms with Crippen molar-refractivity contribution in [3.05, 3.63) is 59.7 Å². The van der Waals surface area contributed by atoms with Crippen LogP contribution >= 0.6 is 12.2 Å². The molecule has 102 valence electrons. The number of aryl methyl sites for hydroxylation is 1. The number of nitrogens with one attached hydrogen (secondary N) is 2. The molecular formula is C15H14N2O2S. The molecule has 0 aliphatic carbocycles. The second kappa shape index (κ2) is 6.16. The molecule has 0 radical (unpaired) electrons. The molecule has 0 saturated heterocycles. The number of thiocarbonyl (C=S) groups is 1. The molecule has 0 saturated carbocycles. The lowest BCUT2D eigenvalue weighted by Crippen LogP contribution is -2.34. The summed E-state index contributed by atoms with van der Waals surface area (Å²) in [6.07, 6.45) is 0. The summed E-state index contributed by atoms with van der Waals surface area (Å²) in [7, 11) is 0. The molecule has 3 N–H and O–H groups in total. The highest BCUT2D eigenvalue weighted by atomic mass is 32.1. The number of aromatic hydroxyl groups is 1. The zero-order chi connectivity index (χ0) is 14.5. The van der Waals surface area contributed by atoms with Crippen molar-refractivity contribution in [3.8, 4) is 5.75 Å². The molecule has 0 fully saturated rings. The predicted octanol–water partition coefficient (Wildman–Crippen LogP) is 2.83. The zero-order valence-corrected chi connectivity index (χ0v) is 11.7. The molecule has 0 aliphatic heterocycles. The molecule has 2 rings (SSSR count). The largest absolute Gasteiger partial charge is 0.506 e. The van der Waals surface area contributed by atoms with E-state index in [0.717, 1.165) is 5.56 Å². The molecule has 5 heteroatoms. The van der Waals surface area contributed by atoms with Crippen LogP contribution in [0.4, 0.5) is 5.69 Å². The van der Waals surface area contributed by atoms with Crippen LogP contribution in [0.2, 0.25) is 0 Å². The van der Waals surface area contributed by atoms with Crippen LogP contribution in [-0.2, 0) is 0 Å². The van der Waals surface area contributed by atoms with Gasteiger partial charge in [-0.3, -0.25) is 10.1 Å². The Hall–Kier alpha value is -2.40. The highest BCUT2D eigenvalue weighted by molar-refractivity contribution is 7.80. The lowest BCUT2D eigenvalue weighted by molar-refractivity contribution is 0.0977. The number of carbonyl (C=O) groups excluding carboxylic acids is 1. The fraction of sp³-hybridized carbons (Fsp3) is 0.0667. The average molecular weight is 286 g/mol. The SMILES string of the molecule is Cc1ccccc1C(=O)NC(=S)Nc1ccccc1O. The summed E-state index contributed by atoms with van der Waals surface area (Å²) in [6.45, 7) is 1.86. The number of benzene rings is 2. The van der Waals surface area contributed by atoms with Crippen LogP contribution in [0.5, 0.6) is 5.75 Å². The molecule has 0 unspecified atom stereocenters. The summed E-state index contributed by atoms with van der Waals surface area (Å²) >= 11 is 5.06. The molecule has 0 aromatic heterocycles. The number of hydrogen-bond donors (Lipinski definition) is 3. The smallest absolute Gasteiger partial charge is 0.257 e. The fourth-order valence-corrected chi connectivity index (χ4v) is 1.93. The Balaban J connectivity index is 2.04. The minimum Gasteiger partial charge on any atom is -0.506 e. The van der Waals surface area contributed by atoms with Crippen molar-refractivity contribution < 1.29 is 9.90 Å². The summed E-state index contributed by atoms with van der Waals surface area (Å²) in [6, 6.07) is 13.9. The van der Waals surface area contributed by atoms with Crippen LogP contribution in [0.3, 0.4) is 0 Å². The van der Waals surface area contributed by atoms with E-state index in [2.05, 4.69) is 10.6 Å². The third-order valence-electron chi connectivity index (χ3n) is 2.77. The van der Waals surface area contributed by atoms with Gasteiger partial charge in [0, 0.05) is 5.56 Å². The number of phenolic OH excluding ortho intramolecular Hbond substituents is 1. The van der Waals surface area contributed by atoms with Gasteiger partial charge in [-0.05, 0) is 42.9 Å². The minimum absolute atomic E-state index is 0.0694. The third-order valence-corrected chi connectivity index (χ3v) is 2.97. The van der Waals surface area contributed by atoms with Gasteiger partial charge < -0.3 is 10.4 Å². The topological polar surface area (TPSA) is 61.4 Å². The van der Waals surface area contributed by atoms with Gasteiger partial charge in [0.05, 0.1) is 5.69 Å². The van der Waals surface area contributed by atoms with E-state index in [0.29, 0.717) is 11.3 Å². The summed E-state index contributed by atoms with van der Waals surface area (Å²) in [5.41, 5.74) is 1.88. The van der Waals surface area contributed by atoms with E-state index in [1.165, 1.54) is 6.07 Å². The van der Waals surface area contributed by atoms with Gasteiger partial charge in [-0.2, -0.15) is 0 Å². The van der Waals surface area contributed by atoms with Gasteiger partial charge in [-0.25, -0.2) is 0 Å². The third kappa shape index (κ3) is 3.33. The second-order valence-electron chi connectivity index (χ2n) is 4.24. The Labute approximate surface area is 122 Å². The molecule has 0 heterocycles. The Morgan fingerprint density at radius 3 is 2.45 bits per heavy atom. The predicted molar refractivity (Wildman–Crippen MR) is 83.0 cm³/mol. The molecule has 0 bridgehead atoms. The average Bonchev–Trinajstić information content (AvgIpc) is 2.41. The second-order valence-corrected chi connectivity index (χ2v) is 4.65. The number of para-hydroxylation sites is 2. The van der Waals surface area contributed by atoms with E-state index in [1.54, 1.807) is 30.3 Å². The van der Waals surface area contributed by atoms with Gasteiger partial charge >= 0.3 is 0 Å².